The van der Waals surface area contributed by atoms with Crippen molar-refractivity contribution in [3.8, 4) is 0 Å². The van der Waals surface area contributed by atoms with Crippen LogP contribution in [0.2, 0.25) is 18.1 Å². The lowest BCUT2D eigenvalue weighted by atomic mass is 10.2. The smallest absolute Gasteiger partial charge is 0.251 e. The lowest BCUT2D eigenvalue weighted by Crippen LogP contribution is -2.49. The SMILES string of the molecule is CC(C)(O[Si](C)(C)C(C)(C)C)C(=O)Cl. The molecule has 84 valence electrons. The highest BCUT2D eigenvalue weighted by atomic mass is 35.5. The van der Waals surface area contributed by atoms with E-state index in [1.165, 1.54) is 0 Å². The minimum atomic E-state index is -1.91. The molecular formula is C10H21ClO2Si. The first-order valence-corrected chi connectivity index (χ1v) is 8.09. The quantitative estimate of drug-likeness (QED) is 0.553. The van der Waals surface area contributed by atoms with Crippen LogP contribution in [0.4, 0.5) is 0 Å². The van der Waals surface area contributed by atoms with Gasteiger partial charge in [0.2, 0.25) is 0 Å². The topological polar surface area (TPSA) is 26.3 Å². The van der Waals surface area contributed by atoms with Crippen molar-refractivity contribution in [3.05, 3.63) is 0 Å². The van der Waals surface area contributed by atoms with E-state index in [2.05, 4.69) is 33.9 Å². The van der Waals surface area contributed by atoms with Crippen LogP contribution in [0.3, 0.4) is 0 Å². The molecule has 4 heteroatoms. The third-order valence-electron chi connectivity index (χ3n) is 2.79. The molecule has 0 rings (SSSR count). The van der Waals surface area contributed by atoms with Crippen molar-refractivity contribution in [1.29, 1.82) is 0 Å². The Kier molecular flexibility index (Phi) is 3.99. The summed E-state index contributed by atoms with van der Waals surface area (Å²) in [6.07, 6.45) is 0. The highest BCUT2D eigenvalue weighted by Crippen LogP contribution is 2.39. The van der Waals surface area contributed by atoms with Crippen LogP contribution in [0.5, 0.6) is 0 Å². The normalized spacial score (nSPS) is 14.3. The zero-order valence-electron chi connectivity index (χ0n) is 10.2. The number of hydrogen-bond donors (Lipinski definition) is 0. The average molecular weight is 237 g/mol. The van der Waals surface area contributed by atoms with Crippen molar-refractivity contribution in [1.82, 2.24) is 0 Å². The maximum Gasteiger partial charge on any atom is 0.251 e. The van der Waals surface area contributed by atoms with Gasteiger partial charge in [0, 0.05) is 0 Å². The molecule has 0 amide bonds. The number of halogens is 1. The van der Waals surface area contributed by atoms with E-state index in [0.717, 1.165) is 0 Å². The van der Waals surface area contributed by atoms with Crippen molar-refractivity contribution < 1.29 is 9.22 Å². The van der Waals surface area contributed by atoms with Crippen LogP contribution >= 0.6 is 11.6 Å². The maximum absolute atomic E-state index is 11.1. The Balaban J connectivity index is 4.76. The summed E-state index contributed by atoms with van der Waals surface area (Å²) >= 11 is 5.48. The summed E-state index contributed by atoms with van der Waals surface area (Å²) in [4.78, 5) is 11.1. The third kappa shape index (κ3) is 3.37. The predicted molar refractivity (Wildman–Crippen MR) is 63.2 cm³/mol. The number of rotatable bonds is 3. The van der Waals surface area contributed by atoms with Gasteiger partial charge in [-0.1, -0.05) is 20.8 Å². The lowest BCUT2D eigenvalue weighted by Gasteiger charge is -2.41. The molecule has 0 atom stereocenters. The van der Waals surface area contributed by atoms with Gasteiger partial charge in [-0.15, -0.1) is 0 Å². The van der Waals surface area contributed by atoms with Gasteiger partial charge in [0.15, 0.2) is 8.32 Å². The van der Waals surface area contributed by atoms with Crippen LogP contribution in [0.1, 0.15) is 34.6 Å². The van der Waals surface area contributed by atoms with E-state index < -0.39 is 19.2 Å². The van der Waals surface area contributed by atoms with Crippen molar-refractivity contribution >= 4 is 25.2 Å². The van der Waals surface area contributed by atoms with Crippen molar-refractivity contribution in [3.63, 3.8) is 0 Å². The molecule has 0 aromatic carbocycles. The molecule has 0 radical (unpaired) electrons. The molecule has 0 N–H and O–H groups in total. The Bertz CT molecular complexity index is 229. The van der Waals surface area contributed by atoms with E-state index in [0.29, 0.717) is 0 Å². The van der Waals surface area contributed by atoms with Gasteiger partial charge in [-0.2, -0.15) is 0 Å². The highest BCUT2D eigenvalue weighted by Gasteiger charge is 2.43. The second-order valence-electron chi connectivity index (χ2n) is 5.65. The van der Waals surface area contributed by atoms with E-state index in [1.54, 1.807) is 13.8 Å². The van der Waals surface area contributed by atoms with Crippen LogP contribution in [0.15, 0.2) is 0 Å². The summed E-state index contributed by atoms with van der Waals surface area (Å²) in [7, 11) is -1.91. The average Bonchev–Trinajstić information content (AvgIpc) is 1.80. The third-order valence-corrected chi connectivity index (χ3v) is 7.88. The predicted octanol–water partition coefficient (Wildman–Crippen LogP) is 3.55. The fourth-order valence-corrected chi connectivity index (χ4v) is 2.61. The van der Waals surface area contributed by atoms with E-state index in [1.807, 2.05) is 0 Å². The standard InChI is InChI=1S/C10H21ClO2Si/c1-9(2,3)14(6,7)13-10(4,5)8(11)12/h1-7H3. The highest BCUT2D eigenvalue weighted by molar-refractivity contribution is 6.75. The minimum Gasteiger partial charge on any atom is -0.404 e. The Morgan fingerprint density at radius 3 is 1.71 bits per heavy atom. The molecule has 0 aromatic rings. The Labute approximate surface area is 93.1 Å². The van der Waals surface area contributed by atoms with Crippen LogP contribution in [-0.4, -0.2) is 19.2 Å². The Morgan fingerprint density at radius 2 is 1.50 bits per heavy atom. The molecular weight excluding hydrogens is 216 g/mol. The molecule has 14 heavy (non-hydrogen) atoms. The van der Waals surface area contributed by atoms with E-state index in [4.69, 9.17) is 16.0 Å². The summed E-state index contributed by atoms with van der Waals surface area (Å²) in [5.41, 5.74) is -0.870. The van der Waals surface area contributed by atoms with E-state index in [9.17, 15) is 4.79 Å². The van der Waals surface area contributed by atoms with E-state index in [-0.39, 0.29) is 5.04 Å². The molecule has 0 heterocycles. The number of carbonyl (C=O) groups is 1. The van der Waals surface area contributed by atoms with Gasteiger partial charge in [-0.3, -0.25) is 4.79 Å². The number of carbonyl (C=O) groups excluding carboxylic acids is 1. The van der Waals surface area contributed by atoms with Gasteiger partial charge in [0.25, 0.3) is 5.24 Å². The fraction of sp³-hybridized carbons (Fsp3) is 0.900. The minimum absolute atomic E-state index is 0.0939. The summed E-state index contributed by atoms with van der Waals surface area (Å²) in [5.74, 6) is 0. The molecule has 0 bridgehead atoms. The lowest BCUT2D eigenvalue weighted by molar-refractivity contribution is -0.124. The first-order chi connectivity index (χ1) is 5.90. The van der Waals surface area contributed by atoms with Gasteiger partial charge < -0.3 is 4.43 Å². The summed E-state index contributed by atoms with van der Waals surface area (Å²) in [6, 6.07) is 0. The molecule has 0 aliphatic rings. The van der Waals surface area contributed by atoms with Crippen LogP contribution in [0.25, 0.3) is 0 Å². The molecule has 0 aromatic heterocycles. The summed E-state index contributed by atoms with van der Waals surface area (Å²) in [5, 5.41) is -0.335. The monoisotopic (exact) mass is 236 g/mol. The Hall–Kier alpha value is 0.137. The number of hydrogen-bond acceptors (Lipinski definition) is 2. The fourth-order valence-electron chi connectivity index (χ4n) is 0.831. The van der Waals surface area contributed by atoms with Crippen LogP contribution < -0.4 is 0 Å². The summed E-state index contributed by atoms with van der Waals surface area (Å²) < 4.78 is 5.91. The first-order valence-electron chi connectivity index (χ1n) is 4.80. The van der Waals surface area contributed by atoms with Crippen LogP contribution in [0, 0.1) is 0 Å². The van der Waals surface area contributed by atoms with Gasteiger partial charge >= 0.3 is 0 Å². The zero-order valence-corrected chi connectivity index (χ0v) is 12.0. The molecule has 0 unspecified atom stereocenters. The van der Waals surface area contributed by atoms with Crippen molar-refractivity contribution in [2.75, 3.05) is 0 Å². The second kappa shape index (κ2) is 3.95. The molecule has 0 saturated heterocycles. The van der Waals surface area contributed by atoms with Crippen molar-refractivity contribution in [2.45, 2.75) is 58.4 Å². The van der Waals surface area contributed by atoms with Gasteiger partial charge in [-0.05, 0) is 43.6 Å². The van der Waals surface area contributed by atoms with Crippen LogP contribution in [-0.2, 0) is 9.22 Å². The maximum atomic E-state index is 11.1. The Morgan fingerprint density at radius 1 is 1.14 bits per heavy atom. The zero-order chi connectivity index (χ0) is 11.8. The second-order valence-corrected chi connectivity index (χ2v) is 10.7. The van der Waals surface area contributed by atoms with Gasteiger partial charge in [0.05, 0.1) is 0 Å². The van der Waals surface area contributed by atoms with Gasteiger partial charge in [-0.25, -0.2) is 0 Å². The molecule has 0 spiro atoms. The largest absolute Gasteiger partial charge is 0.404 e. The van der Waals surface area contributed by atoms with E-state index >= 15 is 0 Å². The molecule has 0 aliphatic heterocycles. The molecule has 0 aliphatic carbocycles. The molecule has 2 nitrogen and oxygen atoms in total. The first kappa shape index (κ1) is 14.1. The molecule has 0 fully saturated rings. The summed E-state index contributed by atoms with van der Waals surface area (Å²) in [6.45, 7) is 14.1. The molecule has 0 saturated carbocycles. The van der Waals surface area contributed by atoms with Crippen molar-refractivity contribution in [2.24, 2.45) is 0 Å². The van der Waals surface area contributed by atoms with Gasteiger partial charge in [0.1, 0.15) is 5.60 Å².